The van der Waals surface area contributed by atoms with E-state index in [2.05, 4.69) is 9.97 Å². The number of halogens is 4. The number of nitrogens with zero attached hydrogens (tertiary/aromatic N) is 2. The van der Waals surface area contributed by atoms with Gasteiger partial charge in [0.2, 0.25) is 0 Å². The number of hydrogen-bond acceptors (Lipinski definition) is 3. The maximum atomic E-state index is 13.8. The van der Waals surface area contributed by atoms with Gasteiger partial charge in [-0.25, -0.2) is 22.5 Å². The molecule has 2 heterocycles. The molecular weight excluding hydrogens is 338 g/mol. The zero-order valence-electron chi connectivity index (χ0n) is 13.8. The van der Waals surface area contributed by atoms with Crippen LogP contribution in [0.3, 0.4) is 0 Å². The standard InChI is InChI=1S/C17H17F4N3O/c1-8(2)16-22-13-3-4-24(6-9(13)17(25)23-16)7-10-14(20)11(18)5-12(19)15(10)21/h5,8H,3-4,6-7H2,1-2H3,(H,22,23,25). The van der Waals surface area contributed by atoms with E-state index < -0.39 is 28.8 Å². The van der Waals surface area contributed by atoms with Crippen molar-refractivity contribution in [3.8, 4) is 0 Å². The monoisotopic (exact) mass is 355 g/mol. The highest BCUT2D eigenvalue weighted by atomic mass is 19.2. The van der Waals surface area contributed by atoms with Gasteiger partial charge in [0.15, 0.2) is 23.3 Å². The van der Waals surface area contributed by atoms with Crippen LogP contribution in [-0.2, 0) is 19.5 Å². The topological polar surface area (TPSA) is 49.0 Å². The quantitative estimate of drug-likeness (QED) is 0.680. The summed E-state index contributed by atoms with van der Waals surface area (Å²) >= 11 is 0. The van der Waals surface area contributed by atoms with Crippen molar-refractivity contribution in [2.24, 2.45) is 0 Å². The molecule has 25 heavy (non-hydrogen) atoms. The van der Waals surface area contributed by atoms with Gasteiger partial charge < -0.3 is 4.98 Å². The van der Waals surface area contributed by atoms with Gasteiger partial charge in [-0.2, -0.15) is 0 Å². The van der Waals surface area contributed by atoms with E-state index in [0.29, 0.717) is 30.0 Å². The Hall–Kier alpha value is -2.22. The molecule has 2 aromatic rings. The molecule has 0 saturated heterocycles. The molecule has 8 heteroatoms. The molecule has 0 amide bonds. The summed E-state index contributed by atoms with van der Waals surface area (Å²) in [5, 5.41) is 0. The van der Waals surface area contributed by atoms with Crippen molar-refractivity contribution in [1.29, 1.82) is 0 Å². The van der Waals surface area contributed by atoms with Gasteiger partial charge in [0, 0.05) is 43.6 Å². The van der Waals surface area contributed by atoms with Gasteiger partial charge in [0.1, 0.15) is 5.82 Å². The SMILES string of the molecule is CC(C)c1nc2c(c(=O)[nH]1)CN(Cc1c(F)c(F)cc(F)c1F)CC2. The highest BCUT2D eigenvalue weighted by molar-refractivity contribution is 5.25. The molecular formula is C17H17F4N3O. The van der Waals surface area contributed by atoms with Crippen LogP contribution in [0, 0.1) is 23.3 Å². The zero-order valence-corrected chi connectivity index (χ0v) is 13.8. The molecule has 0 radical (unpaired) electrons. The van der Waals surface area contributed by atoms with Crippen molar-refractivity contribution in [1.82, 2.24) is 14.9 Å². The predicted octanol–water partition coefficient (Wildman–Crippen LogP) is 3.01. The van der Waals surface area contributed by atoms with E-state index in [1.807, 2.05) is 13.8 Å². The minimum Gasteiger partial charge on any atom is -0.310 e. The van der Waals surface area contributed by atoms with E-state index in [9.17, 15) is 22.4 Å². The van der Waals surface area contributed by atoms with E-state index in [4.69, 9.17) is 0 Å². The van der Waals surface area contributed by atoms with Crippen molar-refractivity contribution in [3.63, 3.8) is 0 Å². The number of H-pyrrole nitrogens is 1. The Morgan fingerprint density at radius 3 is 2.44 bits per heavy atom. The number of aromatic amines is 1. The summed E-state index contributed by atoms with van der Waals surface area (Å²) in [5.41, 5.74) is 0.0808. The fraction of sp³-hybridized carbons (Fsp3) is 0.412. The molecule has 0 bridgehead atoms. The normalized spacial score (nSPS) is 14.8. The largest absolute Gasteiger partial charge is 0.310 e. The van der Waals surface area contributed by atoms with Crippen LogP contribution >= 0.6 is 0 Å². The maximum Gasteiger partial charge on any atom is 0.255 e. The minimum absolute atomic E-state index is 0.0643. The van der Waals surface area contributed by atoms with E-state index in [0.717, 1.165) is 0 Å². The van der Waals surface area contributed by atoms with Gasteiger partial charge in [-0.05, 0) is 0 Å². The third kappa shape index (κ3) is 3.30. The van der Waals surface area contributed by atoms with Crippen LogP contribution < -0.4 is 5.56 Å². The number of hydrogen-bond donors (Lipinski definition) is 1. The van der Waals surface area contributed by atoms with Gasteiger partial charge in [-0.3, -0.25) is 9.69 Å². The van der Waals surface area contributed by atoms with Crippen LogP contribution in [0.15, 0.2) is 10.9 Å². The summed E-state index contributed by atoms with van der Waals surface area (Å²) in [4.78, 5) is 20.9. The van der Waals surface area contributed by atoms with Gasteiger partial charge in [0.25, 0.3) is 5.56 Å². The van der Waals surface area contributed by atoms with Crippen LogP contribution in [0.2, 0.25) is 0 Å². The van der Waals surface area contributed by atoms with Crippen molar-refractivity contribution in [2.75, 3.05) is 6.54 Å². The van der Waals surface area contributed by atoms with E-state index in [1.165, 1.54) is 0 Å². The Morgan fingerprint density at radius 2 is 1.84 bits per heavy atom. The highest BCUT2D eigenvalue weighted by Crippen LogP contribution is 2.23. The van der Waals surface area contributed by atoms with Crippen LogP contribution in [0.1, 0.15) is 42.4 Å². The molecule has 0 aliphatic carbocycles. The van der Waals surface area contributed by atoms with E-state index >= 15 is 0 Å². The number of rotatable bonds is 3. The maximum absolute atomic E-state index is 13.8. The van der Waals surface area contributed by atoms with Gasteiger partial charge in [0.05, 0.1) is 11.3 Å². The lowest BCUT2D eigenvalue weighted by Crippen LogP contribution is -2.36. The Kier molecular flexibility index (Phi) is 4.64. The summed E-state index contributed by atoms with van der Waals surface area (Å²) in [6.45, 7) is 3.95. The second-order valence-corrected chi connectivity index (χ2v) is 6.44. The third-order valence-electron chi connectivity index (χ3n) is 4.30. The first-order valence-corrected chi connectivity index (χ1v) is 7.94. The summed E-state index contributed by atoms with van der Waals surface area (Å²) in [7, 11) is 0. The molecule has 1 aromatic carbocycles. The molecule has 1 aliphatic heterocycles. The van der Waals surface area contributed by atoms with Crippen LogP contribution in [0.25, 0.3) is 0 Å². The van der Waals surface area contributed by atoms with E-state index in [1.54, 1.807) is 4.90 Å². The molecule has 0 fully saturated rings. The first kappa shape index (κ1) is 17.6. The van der Waals surface area contributed by atoms with Crippen LogP contribution in [0.5, 0.6) is 0 Å². The first-order chi connectivity index (χ1) is 11.8. The summed E-state index contributed by atoms with van der Waals surface area (Å²) < 4.78 is 54.3. The number of fused-ring (bicyclic) bond motifs is 1. The molecule has 1 N–H and O–H groups in total. The third-order valence-corrected chi connectivity index (χ3v) is 4.30. The fourth-order valence-electron chi connectivity index (χ4n) is 2.89. The number of nitrogens with one attached hydrogen (secondary N) is 1. The van der Waals surface area contributed by atoms with Crippen LogP contribution in [-0.4, -0.2) is 21.4 Å². The Morgan fingerprint density at radius 1 is 1.20 bits per heavy atom. The lowest BCUT2D eigenvalue weighted by Gasteiger charge is -2.28. The highest BCUT2D eigenvalue weighted by Gasteiger charge is 2.26. The Bertz CT molecular complexity index is 853. The van der Waals surface area contributed by atoms with Gasteiger partial charge in [-0.1, -0.05) is 13.8 Å². The van der Waals surface area contributed by atoms with Crippen molar-refractivity contribution >= 4 is 0 Å². The summed E-state index contributed by atoms with van der Waals surface area (Å²) in [6, 6.07) is 0.182. The van der Waals surface area contributed by atoms with Gasteiger partial charge in [-0.15, -0.1) is 0 Å². The number of benzene rings is 1. The van der Waals surface area contributed by atoms with Crippen molar-refractivity contribution in [3.05, 3.63) is 62.3 Å². The average Bonchev–Trinajstić information content (AvgIpc) is 2.57. The molecule has 1 aliphatic rings. The lowest BCUT2D eigenvalue weighted by atomic mass is 10.0. The summed E-state index contributed by atoms with van der Waals surface area (Å²) in [6.07, 6.45) is 0.417. The molecule has 0 atom stereocenters. The molecule has 3 rings (SSSR count). The lowest BCUT2D eigenvalue weighted by molar-refractivity contribution is 0.231. The summed E-state index contributed by atoms with van der Waals surface area (Å²) in [5.74, 6) is -5.05. The number of aromatic nitrogens is 2. The molecule has 1 aromatic heterocycles. The minimum atomic E-state index is -1.44. The smallest absolute Gasteiger partial charge is 0.255 e. The van der Waals surface area contributed by atoms with Gasteiger partial charge >= 0.3 is 0 Å². The average molecular weight is 355 g/mol. The molecule has 0 spiro atoms. The predicted molar refractivity (Wildman–Crippen MR) is 83.0 cm³/mol. The Balaban J connectivity index is 1.89. The molecule has 134 valence electrons. The zero-order chi connectivity index (χ0) is 18.3. The molecule has 0 unspecified atom stereocenters. The second kappa shape index (κ2) is 6.59. The van der Waals surface area contributed by atoms with Crippen LogP contribution in [0.4, 0.5) is 17.6 Å². The first-order valence-electron chi connectivity index (χ1n) is 7.94. The van der Waals surface area contributed by atoms with Crippen molar-refractivity contribution < 1.29 is 17.6 Å². The Labute approximate surface area is 141 Å². The van der Waals surface area contributed by atoms with Crippen molar-refractivity contribution in [2.45, 2.75) is 39.3 Å². The fourth-order valence-corrected chi connectivity index (χ4v) is 2.89. The second-order valence-electron chi connectivity index (χ2n) is 6.44. The molecule has 0 saturated carbocycles. The molecule has 4 nitrogen and oxygen atoms in total. The van der Waals surface area contributed by atoms with E-state index in [-0.39, 0.29) is 30.6 Å².